The number of aromatic amines is 1. The zero-order chi connectivity index (χ0) is 23.2. The van der Waals surface area contributed by atoms with Crippen molar-refractivity contribution in [2.45, 2.75) is 37.8 Å². The highest BCUT2D eigenvalue weighted by Crippen LogP contribution is 2.31. The van der Waals surface area contributed by atoms with Crippen LogP contribution in [-0.2, 0) is 17.1 Å². The van der Waals surface area contributed by atoms with E-state index in [-0.39, 0.29) is 16.7 Å². The van der Waals surface area contributed by atoms with Gasteiger partial charge in [-0.15, -0.1) is 23.1 Å². The Labute approximate surface area is 201 Å². The molecule has 0 unspecified atom stereocenters. The average molecular weight is 478 g/mol. The van der Waals surface area contributed by atoms with E-state index in [1.807, 2.05) is 77.9 Å². The van der Waals surface area contributed by atoms with E-state index in [0.29, 0.717) is 23.5 Å². The van der Waals surface area contributed by atoms with Gasteiger partial charge >= 0.3 is 0 Å². The van der Waals surface area contributed by atoms with Crippen molar-refractivity contribution in [1.82, 2.24) is 14.9 Å². The minimum absolute atomic E-state index is 0.108. The Hall–Kier alpha value is -2.90. The fraction of sp³-hybridized carbons (Fsp3) is 0.269. The number of thiophene rings is 1. The maximum Gasteiger partial charge on any atom is 0.260 e. The second-order valence-corrected chi connectivity index (χ2v) is 10.1. The minimum atomic E-state index is -0.232. The van der Waals surface area contributed by atoms with Gasteiger partial charge in [-0.2, -0.15) is 0 Å². The third-order valence-electron chi connectivity index (χ3n) is 5.42. The average Bonchev–Trinajstić information content (AvgIpc) is 3.28. The molecule has 0 aliphatic heterocycles. The zero-order valence-corrected chi connectivity index (χ0v) is 20.4. The predicted molar refractivity (Wildman–Crippen MR) is 139 cm³/mol. The minimum Gasteiger partial charge on any atom is -0.337 e. The Kier molecular flexibility index (Phi) is 7.62. The molecule has 0 spiro atoms. The van der Waals surface area contributed by atoms with Crippen LogP contribution in [0, 0.1) is 0 Å². The summed E-state index contributed by atoms with van der Waals surface area (Å²) in [4.78, 5) is 36.2. The summed E-state index contributed by atoms with van der Waals surface area (Å²) in [7, 11) is 0. The zero-order valence-electron chi connectivity index (χ0n) is 18.8. The molecule has 2 aromatic carbocycles. The number of thioether (sulfide) groups is 1. The van der Waals surface area contributed by atoms with Gasteiger partial charge < -0.3 is 9.88 Å². The molecule has 0 saturated carbocycles. The first kappa shape index (κ1) is 23.3. The van der Waals surface area contributed by atoms with Gasteiger partial charge in [0.15, 0.2) is 0 Å². The molecule has 0 fully saturated rings. The normalized spacial score (nSPS) is 12.1. The Bertz CT molecular complexity index is 1270. The van der Waals surface area contributed by atoms with E-state index in [0.717, 1.165) is 34.5 Å². The van der Waals surface area contributed by atoms with E-state index in [1.54, 1.807) is 0 Å². The van der Waals surface area contributed by atoms with E-state index in [4.69, 9.17) is 0 Å². The Morgan fingerprint density at radius 1 is 1.12 bits per heavy atom. The fourth-order valence-electron chi connectivity index (χ4n) is 3.77. The number of carbonyl (C=O) groups is 1. The third-order valence-corrected chi connectivity index (χ3v) is 7.43. The van der Waals surface area contributed by atoms with Crippen molar-refractivity contribution in [2.75, 3.05) is 6.54 Å². The molecule has 170 valence electrons. The summed E-state index contributed by atoms with van der Waals surface area (Å²) in [5, 5.41) is 2.38. The summed E-state index contributed by atoms with van der Waals surface area (Å²) in [6.45, 7) is 5.33. The molecule has 5 nitrogen and oxygen atoms in total. The number of aromatic nitrogens is 2. The van der Waals surface area contributed by atoms with Crippen LogP contribution in [0.4, 0.5) is 0 Å². The van der Waals surface area contributed by atoms with E-state index in [9.17, 15) is 9.59 Å². The number of hydrogen-bond acceptors (Lipinski definition) is 5. The first-order valence-electron chi connectivity index (χ1n) is 11.1. The number of amides is 1. The number of H-pyrrole nitrogens is 1. The van der Waals surface area contributed by atoms with Gasteiger partial charge in [0.2, 0.25) is 5.91 Å². The molecule has 33 heavy (non-hydrogen) atoms. The summed E-state index contributed by atoms with van der Waals surface area (Å²) in [6, 6.07) is 19.9. The number of fused-ring (bicyclic) bond motifs is 1. The highest BCUT2D eigenvalue weighted by molar-refractivity contribution is 7.99. The summed E-state index contributed by atoms with van der Waals surface area (Å²) >= 11 is 2.98. The van der Waals surface area contributed by atoms with Crippen molar-refractivity contribution in [1.29, 1.82) is 0 Å². The highest BCUT2D eigenvalue weighted by Gasteiger charge is 2.21. The van der Waals surface area contributed by atoms with Gasteiger partial charge in [0, 0.05) is 24.0 Å². The van der Waals surface area contributed by atoms with Crippen molar-refractivity contribution in [3.8, 4) is 11.1 Å². The summed E-state index contributed by atoms with van der Waals surface area (Å²) in [5.74, 6) is 1.18. The van der Waals surface area contributed by atoms with Crippen molar-refractivity contribution < 1.29 is 4.79 Å². The van der Waals surface area contributed by atoms with Crippen molar-refractivity contribution >= 4 is 39.2 Å². The van der Waals surface area contributed by atoms with Crippen molar-refractivity contribution in [3.63, 3.8) is 0 Å². The lowest BCUT2D eigenvalue weighted by atomic mass is 10.1. The molecule has 1 N–H and O–H groups in total. The van der Waals surface area contributed by atoms with Crippen LogP contribution in [0.1, 0.15) is 31.7 Å². The van der Waals surface area contributed by atoms with Crippen LogP contribution in [0.15, 0.2) is 70.8 Å². The molecule has 0 bridgehead atoms. The lowest BCUT2D eigenvalue weighted by Crippen LogP contribution is -2.36. The van der Waals surface area contributed by atoms with Crippen LogP contribution >= 0.6 is 23.1 Å². The highest BCUT2D eigenvalue weighted by atomic mass is 32.2. The summed E-state index contributed by atoms with van der Waals surface area (Å²) in [5.41, 5.74) is 2.90. The maximum absolute atomic E-state index is 13.1. The first-order valence-corrected chi connectivity index (χ1v) is 13.0. The van der Waals surface area contributed by atoms with Gasteiger partial charge in [0.05, 0.1) is 16.4 Å². The smallest absolute Gasteiger partial charge is 0.260 e. The van der Waals surface area contributed by atoms with Crippen molar-refractivity contribution in [3.05, 3.63) is 87.8 Å². The van der Waals surface area contributed by atoms with Crippen LogP contribution in [0.25, 0.3) is 21.3 Å². The Morgan fingerprint density at radius 2 is 1.82 bits per heavy atom. The Morgan fingerprint density at radius 3 is 2.52 bits per heavy atom. The van der Waals surface area contributed by atoms with Crippen LogP contribution < -0.4 is 5.56 Å². The largest absolute Gasteiger partial charge is 0.337 e. The van der Waals surface area contributed by atoms with E-state index >= 15 is 0 Å². The third kappa shape index (κ3) is 5.54. The monoisotopic (exact) mass is 477 g/mol. The fourth-order valence-corrected chi connectivity index (χ4v) is 5.57. The lowest BCUT2D eigenvalue weighted by molar-refractivity contribution is -0.131. The molecule has 0 aliphatic rings. The van der Waals surface area contributed by atoms with Gasteiger partial charge in [-0.05, 0) is 24.5 Å². The Balaban J connectivity index is 1.46. The van der Waals surface area contributed by atoms with Gasteiger partial charge in [0.25, 0.3) is 5.56 Å². The number of nitrogens with zero attached hydrogens (tertiary/aromatic N) is 2. The van der Waals surface area contributed by atoms with Crippen LogP contribution in [0.2, 0.25) is 0 Å². The number of nitrogens with one attached hydrogen (secondary N) is 1. The summed E-state index contributed by atoms with van der Waals surface area (Å²) in [6.07, 6.45) is 0.906. The molecule has 4 aromatic rings. The molecule has 2 aromatic heterocycles. The molecule has 0 aliphatic carbocycles. The molecular weight excluding hydrogens is 450 g/mol. The first-order chi connectivity index (χ1) is 16.1. The second kappa shape index (κ2) is 10.8. The van der Waals surface area contributed by atoms with Crippen LogP contribution in [-0.4, -0.2) is 32.6 Å². The topological polar surface area (TPSA) is 66.1 Å². The molecule has 0 radical (unpaired) electrons. The molecule has 7 heteroatoms. The molecule has 4 rings (SSSR count). The number of benzene rings is 2. The van der Waals surface area contributed by atoms with Crippen LogP contribution in [0.3, 0.4) is 0 Å². The van der Waals surface area contributed by atoms with E-state index in [1.165, 1.54) is 23.1 Å². The predicted octanol–water partition coefficient (Wildman–Crippen LogP) is 5.71. The maximum atomic E-state index is 13.1. The van der Waals surface area contributed by atoms with E-state index in [2.05, 4.69) is 16.9 Å². The van der Waals surface area contributed by atoms with Gasteiger partial charge in [-0.3, -0.25) is 9.59 Å². The second-order valence-electron chi connectivity index (χ2n) is 7.91. The molecule has 1 atom stereocenters. The van der Waals surface area contributed by atoms with Gasteiger partial charge in [-0.25, -0.2) is 4.98 Å². The van der Waals surface area contributed by atoms with Gasteiger partial charge in [-0.1, -0.05) is 67.6 Å². The molecule has 0 saturated heterocycles. The summed E-state index contributed by atoms with van der Waals surface area (Å²) < 4.78 is 0. The van der Waals surface area contributed by atoms with Gasteiger partial charge in [0.1, 0.15) is 10.7 Å². The van der Waals surface area contributed by atoms with Crippen LogP contribution in [0.5, 0.6) is 0 Å². The molecule has 2 heterocycles. The van der Waals surface area contributed by atoms with E-state index < -0.39 is 0 Å². The number of rotatable bonds is 9. The SMILES string of the molecule is CCCN(Cc1ccccc1)C(=O)[C@H](C)SCc1nc2scc(-c3ccccc3)c2c(=O)[nH]1. The number of carbonyl (C=O) groups excluding carboxylic acids is 1. The molecule has 1 amide bonds. The number of hydrogen-bond donors (Lipinski definition) is 1. The molecular formula is C26H27N3O2S2. The standard InChI is InChI=1S/C26H27N3O2S2/c1-3-14-29(15-19-10-6-4-7-11-19)26(31)18(2)32-17-22-27-24(30)23-21(16-33-25(23)28-22)20-12-8-5-9-13-20/h4-13,16,18H,3,14-15,17H2,1-2H3,(H,27,28,30)/t18-/m0/s1. The lowest BCUT2D eigenvalue weighted by Gasteiger charge is -2.25. The van der Waals surface area contributed by atoms with Crippen molar-refractivity contribution in [2.24, 2.45) is 0 Å². The quantitative estimate of drug-likeness (QED) is 0.335.